The maximum atomic E-state index is 11.0. The van der Waals surface area contributed by atoms with Gasteiger partial charge in [-0.15, -0.1) is 11.3 Å². The Kier molecular flexibility index (Phi) is 3.61. The van der Waals surface area contributed by atoms with Crippen molar-refractivity contribution >= 4 is 17.3 Å². The lowest BCUT2D eigenvalue weighted by molar-refractivity contribution is 0.0700. The van der Waals surface area contributed by atoms with E-state index >= 15 is 0 Å². The average molecular weight is 239 g/mol. The summed E-state index contributed by atoms with van der Waals surface area (Å²) in [5.74, 6) is 0.0549. The SMILES string of the molecule is CCN(Cc1ccsc1C(=O)O)CC1CC1. The lowest BCUT2D eigenvalue weighted by atomic mass is 10.2. The normalized spacial score (nSPS) is 15.6. The predicted molar refractivity (Wildman–Crippen MR) is 65.0 cm³/mol. The molecule has 1 aromatic rings. The first-order valence-electron chi connectivity index (χ1n) is 5.72. The van der Waals surface area contributed by atoms with Crippen molar-refractivity contribution < 1.29 is 9.90 Å². The summed E-state index contributed by atoms with van der Waals surface area (Å²) in [6, 6.07) is 1.93. The zero-order valence-corrected chi connectivity index (χ0v) is 10.3. The highest BCUT2D eigenvalue weighted by Crippen LogP contribution is 2.30. The summed E-state index contributed by atoms with van der Waals surface area (Å²) < 4.78 is 0. The number of rotatable bonds is 6. The van der Waals surface area contributed by atoms with Crippen molar-refractivity contribution in [3.8, 4) is 0 Å². The third-order valence-electron chi connectivity index (χ3n) is 3.00. The Labute approximate surface area is 99.7 Å². The summed E-state index contributed by atoms with van der Waals surface area (Å²) in [5, 5.41) is 10.9. The Bertz CT molecular complexity index is 371. The van der Waals surface area contributed by atoms with Gasteiger partial charge in [0.2, 0.25) is 0 Å². The lowest BCUT2D eigenvalue weighted by Crippen LogP contribution is -2.25. The molecule has 1 aliphatic rings. The smallest absolute Gasteiger partial charge is 0.346 e. The highest BCUT2D eigenvalue weighted by molar-refractivity contribution is 7.12. The van der Waals surface area contributed by atoms with Crippen LogP contribution in [0.1, 0.15) is 35.0 Å². The van der Waals surface area contributed by atoms with Crippen LogP contribution >= 0.6 is 11.3 Å². The maximum Gasteiger partial charge on any atom is 0.346 e. The molecule has 0 aliphatic heterocycles. The molecule has 1 aromatic heterocycles. The van der Waals surface area contributed by atoms with Gasteiger partial charge in [-0.05, 0) is 42.3 Å². The number of thiophene rings is 1. The van der Waals surface area contributed by atoms with E-state index in [9.17, 15) is 4.79 Å². The number of aromatic carboxylic acids is 1. The third kappa shape index (κ3) is 2.83. The molecule has 1 aliphatic carbocycles. The van der Waals surface area contributed by atoms with Crippen LogP contribution in [0.4, 0.5) is 0 Å². The van der Waals surface area contributed by atoms with E-state index in [1.807, 2.05) is 11.4 Å². The fourth-order valence-electron chi connectivity index (χ4n) is 1.86. The van der Waals surface area contributed by atoms with E-state index in [-0.39, 0.29) is 0 Å². The molecule has 0 spiro atoms. The van der Waals surface area contributed by atoms with Gasteiger partial charge in [0.05, 0.1) is 0 Å². The van der Waals surface area contributed by atoms with E-state index in [1.54, 1.807) is 0 Å². The Hall–Kier alpha value is -0.870. The molecule has 4 heteroatoms. The van der Waals surface area contributed by atoms with Crippen LogP contribution in [0.15, 0.2) is 11.4 Å². The molecule has 3 nitrogen and oxygen atoms in total. The summed E-state index contributed by atoms with van der Waals surface area (Å²) in [7, 11) is 0. The van der Waals surface area contributed by atoms with Gasteiger partial charge in [-0.3, -0.25) is 4.90 Å². The van der Waals surface area contributed by atoms with Gasteiger partial charge in [0.15, 0.2) is 0 Å². The number of carboxylic acids is 1. The molecule has 1 fully saturated rings. The van der Waals surface area contributed by atoms with Crippen LogP contribution in [0.3, 0.4) is 0 Å². The molecule has 0 radical (unpaired) electrons. The Morgan fingerprint density at radius 2 is 2.38 bits per heavy atom. The zero-order chi connectivity index (χ0) is 11.5. The minimum atomic E-state index is -0.799. The zero-order valence-electron chi connectivity index (χ0n) is 9.48. The Morgan fingerprint density at radius 1 is 1.62 bits per heavy atom. The van der Waals surface area contributed by atoms with Crippen molar-refractivity contribution in [2.75, 3.05) is 13.1 Å². The van der Waals surface area contributed by atoms with Crippen molar-refractivity contribution in [2.45, 2.75) is 26.3 Å². The fourth-order valence-corrected chi connectivity index (χ4v) is 2.61. The first kappa shape index (κ1) is 11.6. The minimum Gasteiger partial charge on any atom is -0.477 e. The number of carbonyl (C=O) groups is 1. The highest BCUT2D eigenvalue weighted by atomic mass is 32.1. The summed E-state index contributed by atoms with van der Waals surface area (Å²) in [6.45, 7) is 5.02. The largest absolute Gasteiger partial charge is 0.477 e. The van der Waals surface area contributed by atoms with Crippen molar-refractivity contribution in [3.63, 3.8) is 0 Å². The van der Waals surface area contributed by atoms with Gasteiger partial charge >= 0.3 is 5.97 Å². The standard InChI is InChI=1S/C12H17NO2S/c1-2-13(7-9-3-4-9)8-10-5-6-16-11(10)12(14)15/h5-6,9H,2-4,7-8H2,1H3,(H,14,15). The number of hydrogen-bond acceptors (Lipinski definition) is 3. The molecule has 16 heavy (non-hydrogen) atoms. The molecule has 0 amide bonds. The molecule has 1 N–H and O–H groups in total. The number of hydrogen-bond donors (Lipinski definition) is 1. The second kappa shape index (κ2) is 4.97. The van der Waals surface area contributed by atoms with Gasteiger partial charge in [0.1, 0.15) is 4.88 Å². The fraction of sp³-hybridized carbons (Fsp3) is 0.583. The molecule has 0 atom stereocenters. The molecule has 0 unspecified atom stereocenters. The van der Waals surface area contributed by atoms with E-state index in [0.29, 0.717) is 4.88 Å². The number of nitrogens with zero attached hydrogens (tertiary/aromatic N) is 1. The average Bonchev–Trinajstić information content (AvgIpc) is 2.93. The van der Waals surface area contributed by atoms with Crippen LogP contribution < -0.4 is 0 Å². The van der Waals surface area contributed by atoms with Gasteiger partial charge in [-0.1, -0.05) is 6.92 Å². The summed E-state index contributed by atoms with van der Waals surface area (Å²) in [4.78, 5) is 13.8. The van der Waals surface area contributed by atoms with Crippen molar-refractivity contribution in [1.82, 2.24) is 4.90 Å². The molecule has 88 valence electrons. The third-order valence-corrected chi connectivity index (χ3v) is 3.94. The van der Waals surface area contributed by atoms with Crippen molar-refractivity contribution in [1.29, 1.82) is 0 Å². The Balaban J connectivity index is 1.99. The van der Waals surface area contributed by atoms with Crippen molar-refractivity contribution in [3.05, 3.63) is 21.9 Å². The highest BCUT2D eigenvalue weighted by Gasteiger charge is 2.24. The minimum absolute atomic E-state index is 0.495. The van der Waals surface area contributed by atoms with E-state index in [4.69, 9.17) is 5.11 Å². The molecule has 1 heterocycles. The van der Waals surface area contributed by atoms with Gasteiger partial charge < -0.3 is 5.11 Å². The monoisotopic (exact) mass is 239 g/mol. The van der Waals surface area contributed by atoms with Crippen LogP contribution in [0.2, 0.25) is 0 Å². The van der Waals surface area contributed by atoms with Crippen molar-refractivity contribution in [2.24, 2.45) is 5.92 Å². The van der Waals surface area contributed by atoms with Crippen LogP contribution in [0.5, 0.6) is 0 Å². The predicted octanol–water partition coefficient (Wildman–Crippen LogP) is 2.68. The van der Waals surface area contributed by atoms with Gasteiger partial charge in [-0.25, -0.2) is 4.79 Å². The molecule has 0 aromatic carbocycles. The van der Waals surface area contributed by atoms with E-state index in [2.05, 4.69) is 11.8 Å². The lowest BCUT2D eigenvalue weighted by Gasteiger charge is -2.19. The quantitative estimate of drug-likeness (QED) is 0.829. The van der Waals surface area contributed by atoms with Gasteiger partial charge in [-0.2, -0.15) is 0 Å². The topological polar surface area (TPSA) is 40.5 Å². The summed E-state index contributed by atoms with van der Waals surface area (Å²) >= 11 is 1.32. The second-order valence-corrected chi connectivity index (χ2v) is 5.27. The maximum absolute atomic E-state index is 11.0. The van der Waals surface area contributed by atoms with Gasteiger partial charge in [0, 0.05) is 13.1 Å². The van der Waals surface area contributed by atoms with E-state index < -0.39 is 5.97 Å². The first-order chi connectivity index (χ1) is 7.70. The van der Waals surface area contributed by atoms with Crippen LogP contribution in [0, 0.1) is 5.92 Å². The van der Waals surface area contributed by atoms with Crippen LogP contribution in [0.25, 0.3) is 0 Å². The molecular formula is C12H17NO2S. The molecule has 0 saturated heterocycles. The van der Waals surface area contributed by atoms with E-state index in [1.165, 1.54) is 24.2 Å². The number of carboxylic acid groups (broad SMARTS) is 1. The summed E-state index contributed by atoms with van der Waals surface area (Å²) in [6.07, 6.45) is 2.68. The van der Waals surface area contributed by atoms with Gasteiger partial charge in [0.25, 0.3) is 0 Å². The van der Waals surface area contributed by atoms with E-state index in [0.717, 1.165) is 31.1 Å². The Morgan fingerprint density at radius 3 is 2.94 bits per heavy atom. The molecule has 1 saturated carbocycles. The van der Waals surface area contributed by atoms with Crippen LogP contribution in [-0.2, 0) is 6.54 Å². The second-order valence-electron chi connectivity index (χ2n) is 4.35. The molecular weight excluding hydrogens is 222 g/mol. The molecule has 0 bridgehead atoms. The van der Waals surface area contributed by atoms with Crippen LogP contribution in [-0.4, -0.2) is 29.1 Å². The molecule has 2 rings (SSSR count). The first-order valence-corrected chi connectivity index (χ1v) is 6.60. The summed E-state index contributed by atoms with van der Waals surface area (Å²) in [5.41, 5.74) is 0.958.